The quantitative estimate of drug-likeness (QED) is 0.0607. The van der Waals surface area contributed by atoms with Gasteiger partial charge in [0.1, 0.15) is 11.2 Å². The van der Waals surface area contributed by atoms with Crippen molar-refractivity contribution in [1.82, 2.24) is 19.8 Å². The van der Waals surface area contributed by atoms with E-state index < -0.39 is 11.2 Å². The maximum atomic E-state index is 12.6. The molecule has 14 nitrogen and oxygen atoms in total. The molecule has 76 heavy (non-hydrogen) atoms. The molecule has 1 aliphatic carbocycles. The van der Waals surface area contributed by atoms with Gasteiger partial charge < -0.3 is 38.2 Å². The predicted octanol–water partition coefficient (Wildman–Crippen LogP) is 12.7. The van der Waals surface area contributed by atoms with E-state index in [0.29, 0.717) is 61.4 Å². The summed E-state index contributed by atoms with van der Waals surface area (Å²) in [5, 5.41) is 0. The maximum Gasteiger partial charge on any atom is 0.410 e. The van der Waals surface area contributed by atoms with Gasteiger partial charge in [0.25, 0.3) is 0 Å². The minimum Gasteiger partial charge on any atom is -0.481 e. The van der Waals surface area contributed by atoms with Crippen LogP contribution in [0.25, 0.3) is 6.08 Å². The third-order valence-electron chi connectivity index (χ3n) is 14.4. The fraction of sp³-hybridized carbons (Fsp3) is 0.541. The number of rotatable bonds is 11. The van der Waals surface area contributed by atoms with Gasteiger partial charge in [-0.1, -0.05) is 64.1 Å². The number of ether oxygens (including phenoxy) is 6. The molecule has 4 aromatic rings. The molecule has 1 radical (unpaired) electrons. The molecule has 1 atom stereocenters. The average molecular weight is 1140 g/mol. The minimum absolute atomic E-state index is 0. The van der Waals surface area contributed by atoms with Crippen LogP contribution in [0.1, 0.15) is 170 Å². The number of hydrogen-bond acceptors (Lipinski definition) is 12. The van der Waals surface area contributed by atoms with Crippen LogP contribution in [0, 0.1) is 24.7 Å². The van der Waals surface area contributed by atoms with Gasteiger partial charge in [-0.15, -0.1) is 0 Å². The molecule has 2 aliphatic heterocycles. The molecule has 7 rings (SSSR count). The van der Waals surface area contributed by atoms with Crippen LogP contribution in [0.15, 0.2) is 67.0 Å². The molecule has 2 aromatic heterocycles. The van der Waals surface area contributed by atoms with Crippen LogP contribution in [0.2, 0.25) is 0 Å². The van der Waals surface area contributed by atoms with E-state index in [9.17, 15) is 19.2 Å². The third kappa shape index (κ3) is 17.6. The largest absolute Gasteiger partial charge is 0.481 e. The molecular formula is C61H84N4O10Rh. The van der Waals surface area contributed by atoms with E-state index in [4.69, 9.17) is 28.4 Å². The summed E-state index contributed by atoms with van der Waals surface area (Å²) < 4.78 is 31.4. The summed E-state index contributed by atoms with van der Waals surface area (Å²) in [5.41, 5.74) is 10.9. The van der Waals surface area contributed by atoms with Crippen LogP contribution in [0.3, 0.4) is 0 Å². The second kappa shape index (κ2) is 27.0. The number of aromatic nitrogens is 2. The molecule has 1 saturated carbocycles. The normalized spacial score (nSPS) is 16.0. The molecule has 0 N–H and O–H groups in total. The molecule has 0 saturated heterocycles. The Kier molecular flexibility index (Phi) is 22.3. The summed E-state index contributed by atoms with van der Waals surface area (Å²) in [6.45, 7) is 31.7. The SMILES string of the molecule is CC(C)(C)OC(=O)N1CCc2ccc(C3CC(C)(C)C(C)(C)C3)cc2C1.CCOC(=O)/C=C/c1cnc(OC)cc1C.CCOC(=O)CC(c1ccc2c(c1)CN(C(=O)OC(C)(C)C)CC2)c1cnc(OC)cc1C.[Rh]. The van der Waals surface area contributed by atoms with Crippen molar-refractivity contribution in [3.63, 3.8) is 0 Å². The van der Waals surface area contributed by atoms with E-state index >= 15 is 0 Å². The Morgan fingerprint density at radius 1 is 0.684 bits per heavy atom. The van der Waals surface area contributed by atoms with Gasteiger partial charge in [-0.25, -0.2) is 24.4 Å². The van der Waals surface area contributed by atoms with Crippen molar-refractivity contribution in [2.45, 2.75) is 165 Å². The number of hydrogen-bond donors (Lipinski definition) is 0. The topological polar surface area (TPSA) is 156 Å². The number of amides is 2. The van der Waals surface area contributed by atoms with Gasteiger partial charge in [0.2, 0.25) is 11.8 Å². The molecule has 2 amide bonds. The first-order valence-corrected chi connectivity index (χ1v) is 26.4. The maximum absolute atomic E-state index is 12.6. The number of aryl methyl sites for hydroxylation is 2. The van der Waals surface area contributed by atoms with Crippen molar-refractivity contribution < 1.29 is 67.1 Å². The predicted molar refractivity (Wildman–Crippen MR) is 293 cm³/mol. The van der Waals surface area contributed by atoms with Crippen molar-refractivity contribution in [2.75, 3.05) is 40.5 Å². The molecule has 15 heteroatoms. The zero-order chi connectivity index (χ0) is 55.5. The smallest absolute Gasteiger partial charge is 0.410 e. The molecule has 0 spiro atoms. The van der Waals surface area contributed by atoms with Crippen LogP contribution >= 0.6 is 0 Å². The first-order chi connectivity index (χ1) is 35.2. The van der Waals surface area contributed by atoms with Crippen LogP contribution < -0.4 is 9.47 Å². The number of pyridine rings is 2. The van der Waals surface area contributed by atoms with Crippen molar-refractivity contribution in [2.24, 2.45) is 10.8 Å². The Labute approximate surface area is 465 Å². The van der Waals surface area contributed by atoms with Crippen molar-refractivity contribution in [1.29, 1.82) is 0 Å². The first-order valence-electron chi connectivity index (χ1n) is 26.4. The number of benzene rings is 2. The summed E-state index contributed by atoms with van der Waals surface area (Å²) >= 11 is 0. The molecule has 417 valence electrons. The van der Waals surface area contributed by atoms with Gasteiger partial charge >= 0.3 is 24.1 Å². The number of fused-ring (bicyclic) bond motifs is 2. The minimum atomic E-state index is -0.539. The van der Waals surface area contributed by atoms with Gasteiger partial charge in [0, 0.05) is 82.2 Å². The van der Waals surface area contributed by atoms with E-state index in [1.165, 1.54) is 41.2 Å². The average Bonchev–Trinajstić information content (AvgIpc) is 3.56. The van der Waals surface area contributed by atoms with Gasteiger partial charge in [-0.3, -0.25) is 4.79 Å². The fourth-order valence-corrected chi connectivity index (χ4v) is 9.67. The van der Waals surface area contributed by atoms with Gasteiger partial charge in [0.05, 0.1) is 33.9 Å². The van der Waals surface area contributed by atoms with Gasteiger partial charge in [0.15, 0.2) is 0 Å². The zero-order valence-electron chi connectivity index (χ0n) is 48.1. The van der Waals surface area contributed by atoms with Crippen LogP contribution in [-0.4, -0.2) is 95.6 Å². The summed E-state index contributed by atoms with van der Waals surface area (Å²) in [4.78, 5) is 60.6. The van der Waals surface area contributed by atoms with Gasteiger partial charge in [-0.2, -0.15) is 0 Å². The van der Waals surface area contributed by atoms with E-state index in [1.807, 2.05) is 72.4 Å². The molecule has 3 aliphatic rings. The fourth-order valence-electron chi connectivity index (χ4n) is 9.67. The molecule has 4 heterocycles. The van der Waals surface area contributed by atoms with Crippen LogP contribution in [0.5, 0.6) is 11.8 Å². The van der Waals surface area contributed by atoms with Crippen molar-refractivity contribution in [3.05, 3.63) is 123 Å². The zero-order valence-corrected chi connectivity index (χ0v) is 49.7. The van der Waals surface area contributed by atoms with Crippen molar-refractivity contribution in [3.8, 4) is 11.8 Å². The molecule has 0 bridgehead atoms. The summed E-state index contributed by atoms with van der Waals surface area (Å²) in [6, 6.07) is 16.9. The molecule has 2 aromatic carbocycles. The Morgan fingerprint density at radius 2 is 1.18 bits per heavy atom. The van der Waals surface area contributed by atoms with E-state index in [0.717, 1.165) is 52.8 Å². The molecular weight excluding hydrogens is 1050 g/mol. The summed E-state index contributed by atoms with van der Waals surface area (Å²) in [6.07, 6.45) is 10.3. The Morgan fingerprint density at radius 3 is 1.67 bits per heavy atom. The van der Waals surface area contributed by atoms with Crippen LogP contribution in [-0.2, 0) is 73.9 Å². The van der Waals surface area contributed by atoms with Gasteiger partial charge in [-0.05, 0) is 173 Å². The Bertz CT molecular complexity index is 2650. The number of carbonyl (C=O) groups is 4. The second-order valence-corrected chi connectivity index (χ2v) is 23.0. The van der Waals surface area contributed by atoms with Crippen LogP contribution in [0.4, 0.5) is 9.59 Å². The monoisotopic (exact) mass is 1140 g/mol. The summed E-state index contributed by atoms with van der Waals surface area (Å²) in [5.74, 6) is 0.880. The number of esters is 2. The number of nitrogens with zero attached hydrogens (tertiary/aromatic N) is 4. The standard InChI is InChI=1S/C26H34N2O5.C23H35NO2.C12H15NO3.Rh/c1-7-32-24(29)14-21(22-15-27-23(31-6)12-17(22)2)19-9-8-18-10-11-28(16-20(18)13-19)25(30)33-26(3,4)5;1-21(2,3)26-20(25)24-11-10-16-8-9-17(12-18(16)15-24)19-13-22(4,5)23(6,7)14-19;1-4-16-12(14)6-5-10-8-13-11(15-3)7-9(10)2;/h8-9,12-13,15,21H,7,10-11,14,16H2,1-6H3;8-9,12,19H,10-11,13-15H2,1-7H3;5-8H,4H2,1-3H3;/b;;6-5+;. The van der Waals surface area contributed by atoms with E-state index in [-0.39, 0.29) is 55.9 Å². The number of methoxy groups -OCH3 is 2. The molecule has 1 fully saturated rings. The number of carbonyl (C=O) groups excluding carboxylic acids is 4. The van der Waals surface area contributed by atoms with E-state index in [1.54, 1.807) is 51.4 Å². The Hall–Kier alpha value is -5.82. The molecule has 1 unspecified atom stereocenters. The summed E-state index contributed by atoms with van der Waals surface area (Å²) in [7, 11) is 3.15. The van der Waals surface area contributed by atoms with E-state index in [2.05, 4.69) is 74.1 Å². The first kappa shape index (κ1) is 62.7. The van der Waals surface area contributed by atoms with Crippen molar-refractivity contribution >= 4 is 30.2 Å². The Balaban J connectivity index is 0.000000259. The second-order valence-electron chi connectivity index (χ2n) is 23.0. The third-order valence-corrected chi connectivity index (χ3v) is 14.4.